The molecule has 2 aromatic carbocycles. The van der Waals surface area contributed by atoms with Crippen LogP contribution in [0, 0.1) is 10.1 Å². The van der Waals surface area contributed by atoms with Crippen LogP contribution in [0.3, 0.4) is 0 Å². The molecule has 0 spiro atoms. The molecule has 13 heavy (non-hydrogen) atoms. The average molecular weight is 174 g/mol. The molecule has 0 N–H and O–H groups in total. The van der Waals surface area contributed by atoms with Gasteiger partial charge < -0.3 is 0 Å². The van der Waals surface area contributed by atoms with Crippen LogP contribution in [0.25, 0.3) is 10.8 Å². The maximum absolute atomic E-state index is 10.6. The molecule has 0 bridgehead atoms. The fourth-order valence-electron chi connectivity index (χ4n) is 1.37. The van der Waals surface area contributed by atoms with Gasteiger partial charge in [0.2, 0.25) is 0 Å². The van der Waals surface area contributed by atoms with Crippen LogP contribution in [0.15, 0.2) is 42.5 Å². The largest absolute Gasteiger partial charge is 1.00 e. The number of nitro groups is 1. The van der Waals surface area contributed by atoms with E-state index in [4.69, 9.17) is 0 Å². The number of rotatable bonds is 1. The first-order valence-corrected chi connectivity index (χ1v) is 3.91. The van der Waals surface area contributed by atoms with Gasteiger partial charge in [0, 0.05) is 6.07 Å². The maximum atomic E-state index is 10.6. The highest BCUT2D eigenvalue weighted by Gasteiger charge is 2.08. The van der Waals surface area contributed by atoms with Crippen molar-refractivity contribution in [3.63, 3.8) is 0 Å². The van der Waals surface area contributed by atoms with Gasteiger partial charge in [-0.2, -0.15) is 0 Å². The predicted octanol–water partition coefficient (Wildman–Crippen LogP) is 2.86. The summed E-state index contributed by atoms with van der Waals surface area (Å²) in [6, 6.07) is 12.4. The highest BCUT2D eigenvalue weighted by molar-refractivity contribution is 5.90. The van der Waals surface area contributed by atoms with Crippen LogP contribution in [0.1, 0.15) is 1.43 Å². The van der Waals surface area contributed by atoms with E-state index in [0.717, 1.165) is 5.39 Å². The second kappa shape index (κ2) is 2.86. The Morgan fingerprint density at radius 1 is 1.08 bits per heavy atom. The lowest BCUT2D eigenvalue weighted by Gasteiger charge is -1.97. The third-order valence-electron chi connectivity index (χ3n) is 1.96. The van der Waals surface area contributed by atoms with Crippen LogP contribution in [0.4, 0.5) is 5.69 Å². The minimum absolute atomic E-state index is 0. The fraction of sp³-hybridized carbons (Fsp3) is 0. The first kappa shape index (κ1) is 7.73. The lowest BCUT2D eigenvalue weighted by Crippen LogP contribution is -1.88. The number of hydrogen-bond acceptors (Lipinski definition) is 2. The summed E-state index contributed by atoms with van der Waals surface area (Å²) in [5, 5.41) is 12.2. The smallest absolute Gasteiger partial charge is 0.258 e. The van der Waals surface area contributed by atoms with Crippen molar-refractivity contribution in [1.29, 1.82) is 0 Å². The molecule has 0 unspecified atom stereocenters. The molecule has 0 aliphatic heterocycles. The number of nitro benzene ring substituents is 1. The van der Waals surface area contributed by atoms with Gasteiger partial charge in [-0.1, -0.05) is 30.3 Å². The minimum atomic E-state index is -0.359. The Balaban J connectivity index is 0.000000980. The molecule has 0 saturated heterocycles. The molecule has 0 heterocycles. The van der Waals surface area contributed by atoms with Gasteiger partial charge in [0.15, 0.2) is 0 Å². The van der Waals surface area contributed by atoms with Crippen LogP contribution >= 0.6 is 0 Å². The molecule has 0 fully saturated rings. The molecule has 0 atom stereocenters. The number of fused-ring (bicyclic) bond motifs is 1. The van der Waals surface area contributed by atoms with E-state index in [-0.39, 0.29) is 12.0 Å². The molecule has 2 rings (SSSR count). The Bertz CT molecular complexity index is 465. The van der Waals surface area contributed by atoms with Gasteiger partial charge in [-0.3, -0.25) is 10.1 Å². The van der Waals surface area contributed by atoms with Gasteiger partial charge in [0.25, 0.3) is 5.69 Å². The van der Waals surface area contributed by atoms with Crippen molar-refractivity contribution in [2.24, 2.45) is 0 Å². The Kier molecular flexibility index (Phi) is 1.70. The Morgan fingerprint density at radius 2 is 1.77 bits per heavy atom. The number of benzene rings is 2. The van der Waals surface area contributed by atoms with Crippen LogP contribution in [-0.4, -0.2) is 4.92 Å². The van der Waals surface area contributed by atoms with E-state index in [9.17, 15) is 10.1 Å². The van der Waals surface area contributed by atoms with Crippen LogP contribution < -0.4 is 0 Å². The zero-order valence-corrected chi connectivity index (χ0v) is 6.81. The van der Waals surface area contributed by atoms with E-state index < -0.39 is 0 Å². The standard InChI is InChI=1S/C10H7NO2/c12-11(13)10-7-3-5-8-4-1-2-6-9(8)10/h1-7H/p+1. The van der Waals surface area contributed by atoms with Crippen LogP contribution in [-0.2, 0) is 0 Å². The van der Waals surface area contributed by atoms with E-state index in [1.807, 2.05) is 18.2 Å². The van der Waals surface area contributed by atoms with Gasteiger partial charge in [-0.25, -0.2) is 0 Å². The second-order valence-corrected chi connectivity index (χ2v) is 2.76. The Labute approximate surface area is 76.3 Å². The van der Waals surface area contributed by atoms with E-state index in [1.165, 1.54) is 6.07 Å². The molecule has 0 saturated carbocycles. The summed E-state index contributed by atoms with van der Waals surface area (Å²) >= 11 is 0. The minimum Gasteiger partial charge on any atom is -0.258 e. The molecule has 0 aliphatic carbocycles. The second-order valence-electron chi connectivity index (χ2n) is 2.76. The van der Waals surface area contributed by atoms with Crippen LogP contribution in [0.2, 0.25) is 0 Å². The number of hydrogen-bond donors (Lipinski definition) is 0. The lowest BCUT2D eigenvalue weighted by molar-refractivity contribution is -0.383. The molecule has 2 aromatic rings. The van der Waals surface area contributed by atoms with Crippen molar-refractivity contribution < 1.29 is 6.35 Å². The zero-order valence-electron chi connectivity index (χ0n) is 7.81. The Morgan fingerprint density at radius 3 is 2.54 bits per heavy atom. The number of nitrogens with zero attached hydrogens (tertiary/aromatic N) is 1. The summed E-state index contributed by atoms with van der Waals surface area (Å²) in [6.45, 7) is 0. The Hall–Kier alpha value is -1.90. The summed E-state index contributed by atoms with van der Waals surface area (Å²) in [6.07, 6.45) is 0. The molecule has 3 nitrogen and oxygen atoms in total. The molecular formula is C10H8NO2+. The lowest BCUT2D eigenvalue weighted by atomic mass is 10.1. The average Bonchev–Trinajstić information content (AvgIpc) is 2.17. The molecule has 64 valence electrons. The maximum Gasteiger partial charge on any atom is 1.00 e. The summed E-state index contributed by atoms with van der Waals surface area (Å²) in [4.78, 5) is 10.3. The third kappa shape index (κ3) is 1.24. The van der Waals surface area contributed by atoms with E-state index in [0.29, 0.717) is 5.39 Å². The molecule has 0 amide bonds. The van der Waals surface area contributed by atoms with Gasteiger partial charge in [-0.05, 0) is 11.5 Å². The summed E-state index contributed by atoms with van der Waals surface area (Å²) in [5.74, 6) is 0. The van der Waals surface area contributed by atoms with Gasteiger partial charge >= 0.3 is 1.43 Å². The zero-order chi connectivity index (χ0) is 9.26. The van der Waals surface area contributed by atoms with E-state index in [2.05, 4.69) is 0 Å². The molecular weight excluding hydrogens is 166 g/mol. The monoisotopic (exact) mass is 174 g/mol. The molecule has 0 radical (unpaired) electrons. The van der Waals surface area contributed by atoms with Crippen LogP contribution in [0.5, 0.6) is 0 Å². The normalized spacial score (nSPS) is 10.2. The topological polar surface area (TPSA) is 43.1 Å². The predicted molar refractivity (Wildman–Crippen MR) is 51.7 cm³/mol. The van der Waals surface area contributed by atoms with Gasteiger partial charge in [-0.15, -0.1) is 0 Å². The van der Waals surface area contributed by atoms with Crippen molar-refractivity contribution in [2.75, 3.05) is 0 Å². The summed E-state index contributed by atoms with van der Waals surface area (Å²) in [7, 11) is 0. The number of non-ortho nitro benzene ring substituents is 1. The van der Waals surface area contributed by atoms with Crippen molar-refractivity contribution in [2.45, 2.75) is 0 Å². The molecule has 0 aliphatic rings. The molecule has 3 heteroatoms. The third-order valence-corrected chi connectivity index (χ3v) is 1.96. The van der Waals surface area contributed by atoms with E-state index >= 15 is 0 Å². The van der Waals surface area contributed by atoms with Gasteiger partial charge in [0.1, 0.15) is 0 Å². The quantitative estimate of drug-likeness (QED) is 0.492. The fourth-order valence-corrected chi connectivity index (χ4v) is 1.37. The first-order chi connectivity index (χ1) is 6.29. The summed E-state index contributed by atoms with van der Waals surface area (Å²) in [5.41, 5.74) is 0.165. The van der Waals surface area contributed by atoms with Crippen molar-refractivity contribution in [1.82, 2.24) is 0 Å². The van der Waals surface area contributed by atoms with Crippen molar-refractivity contribution in [3.05, 3.63) is 52.6 Å². The van der Waals surface area contributed by atoms with Crippen molar-refractivity contribution in [3.8, 4) is 0 Å². The van der Waals surface area contributed by atoms with Gasteiger partial charge in [0.05, 0.1) is 10.3 Å². The van der Waals surface area contributed by atoms with E-state index in [1.54, 1.807) is 18.2 Å². The summed E-state index contributed by atoms with van der Waals surface area (Å²) < 4.78 is 0. The van der Waals surface area contributed by atoms with Crippen molar-refractivity contribution >= 4 is 16.5 Å². The first-order valence-electron chi connectivity index (χ1n) is 3.91. The SMILES string of the molecule is O=[N+]([O-])c1cccc2ccccc12.[H+]. The molecule has 0 aromatic heterocycles. The highest BCUT2D eigenvalue weighted by Crippen LogP contribution is 2.24. The highest BCUT2D eigenvalue weighted by atomic mass is 16.6.